The number of carbonyl (C=O) groups is 2. The minimum Gasteiger partial charge on any atom is -0.489 e. The van der Waals surface area contributed by atoms with Crippen LogP contribution < -0.4 is 10.3 Å². The summed E-state index contributed by atoms with van der Waals surface area (Å²) in [5.41, 5.74) is 0.164. The van der Waals surface area contributed by atoms with Gasteiger partial charge in [0.1, 0.15) is 11.5 Å². The number of nitrogens with zero attached hydrogens (tertiary/aromatic N) is 1. The molecule has 1 heterocycles. The van der Waals surface area contributed by atoms with E-state index in [0.717, 1.165) is 0 Å². The molecule has 0 unspecified atom stereocenters. The molecule has 116 valence electrons. The topological polar surface area (TPSA) is 85.6 Å². The largest absolute Gasteiger partial charge is 0.489 e. The van der Waals surface area contributed by atoms with Crippen LogP contribution in [0.3, 0.4) is 0 Å². The number of rotatable bonds is 5. The molecule has 0 radical (unpaired) electrons. The first-order chi connectivity index (χ1) is 10.3. The first-order valence-electron chi connectivity index (χ1n) is 6.86. The number of benzene rings is 1. The number of fused-ring (bicyclic) bond motifs is 1. The van der Waals surface area contributed by atoms with E-state index in [9.17, 15) is 19.5 Å². The second kappa shape index (κ2) is 6.01. The van der Waals surface area contributed by atoms with Crippen molar-refractivity contribution in [2.75, 3.05) is 0 Å². The van der Waals surface area contributed by atoms with E-state index in [1.165, 1.54) is 35.8 Å². The van der Waals surface area contributed by atoms with Crippen molar-refractivity contribution in [3.63, 3.8) is 0 Å². The number of ether oxygens (including phenoxy) is 1. The quantitative estimate of drug-likeness (QED) is 0.914. The average Bonchev–Trinajstić information content (AvgIpc) is 2.40. The van der Waals surface area contributed by atoms with Crippen molar-refractivity contribution in [2.45, 2.75) is 33.4 Å². The lowest BCUT2D eigenvalue weighted by molar-refractivity contribution is -0.117. The molecule has 22 heavy (non-hydrogen) atoms. The smallest absolute Gasteiger partial charge is 0.335 e. The highest BCUT2D eigenvalue weighted by molar-refractivity contribution is 5.96. The van der Waals surface area contributed by atoms with Gasteiger partial charge < -0.3 is 9.84 Å². The molecule has 0 amide bonds. The van der Waals surface area contributed by atoms with Gasteiger partial charge in [-0.05, 0) is 39.0 Å². The summed E-state index contributed by atoms with van der Waals surface area (Å²) in [5, 5.41) is 9.73. The SMILES string of the molecule is CC(=O)Cn1c(=O)ccc2cc(C(=O)O)cc(OC(C)C)c21. The summed E-state index contributed by atoms with van der Waals surface area (Å²) >= 11 is 0. The Bertz CT molecular complexity index is 804. The van der Waals surface area contributed by atoms with E-state index in [1.54, 1.807) is 13.8 Å². The molecule has 6 nitrogen and oxygen atoms in total. The number of ketones is 1. The number of aromatic carboxylic acids is 1. The van der Waals surface area contributed by atoms with Gasteiger partial charge in [0.2, 0.25) is 0 Å². The van der Waals surface area contributed by atoms with Crippen LogP contribution in [0, 0.1) is 0 Å². The number of carboxylic acid groups (broad SMARTS) is 1. The first-order valence-corrected chi connectivity index (χ1v) is 6.86. The zero-order chi connectivity index (χ0) is 16.4. The fourth-order valence-corrected chi connectivity index (χ4v) is 2.25. The molecule has 2 rings (SSSR count). The Kier molecular flexibility index (Phi) is 4.30. The molecule has 6 heteroatoms. The third kappa shape index (κ3) is 3.16. The summed E-state index contributed by atoms with van der Waals surface area (Å²) in [6, 6.07) is 5.69. The molecule has 0 aliphatic carbocycles. The van der Waals surface area contributed by atoms with Crippen LogP contribution >= 0.6 is 0 Å². The molecule has 1 aromatic carbocycles. The summed E-state index contributed by atoms with van der Waals surface area (Å²) in [4.78, 5) is 34.7. The molecule has 0 saturated heterocycles. The van der Waals surface area contributed by atoms with E-state index >= 15 is 0 Å². The van der Waals surface area contributed by atoms with Crippen LogP contribution in [0.25, 0.3) is 10.9 Å². The molecule has 0 aliphatic heterocycles. The molecule has 1 N–H and O–H groups in total. The highest BCUT2D eigenvalue weighted by Crippen LogP contribution is 2.28. The maximum Gasteiger partial charge on any atom is 0.335 e. The van der Waals surface area contributed by atoms with E-state index in [-0.39, 0.29) is 35.3 Å². The van der Waals surface area contributed by atoms with Gasteiger partial charge in [0.05, 0.1) is 23.7 Å². The second-order valence-electron chi connectivity index (χ2n) is 5.34. The molecule has 0 saturated carbocycles. The summed E-state index contributed by atoms with van der Waals surface area (Å²) < 4.78 is 6.97. The zero-order valence-electron chi connectivity index (χ0n) is 12.6. The Morgan fingerprint density at radius 2 is 1.95 bits per heavy atom. The van der Waals surface area contributed by atoms with Gasteiger partial charge in [0, 0.05) is 11.5 Å². The van der Waals surface area contributed by atoms with E-state index in [4.69, 9.17) is 4.74 Å². The monoisotopic (exact) mass is 303 g/mol. The normalized spacial score (nSPS) is 10.9. The van der Waals surface area contributed by atoms with Crippen molar-refractivity contribution in [3.8, 4) is 5.75 Å². The number of hydrogen-bond donors (Lipinski definition) is 1. The van der Waals surface area contributed by atoms with Crippen LogP contribution in [-0.4, -0.2) is 27.5 Å². The summed E-state index contributed by atoms with van der Waals surface area (Å²) in [7, 11) is 0. The van der Waals surface area contributed by atoms with E-state index < -0.39 is 5.97 Å². The van der Waals surface area contributed by atoms with E-state index in [2.05, 4.69) is 0 Å². The van der Waals surface area contributed by atoms with Crippen molar-refractivity contribution in [3.05, 3.63) is 40.2 Å². The lowest BCUT2D eigenvalue weighted by Crippen LogP contribution is -2.23. The first kappa shape index (κ1) is 15.8. The molecule has 0 fully saturated rings. The lowest BCUT2D eigenvalue weighted by Gasteiger charge is -2.16. The van der Waals surface area contributed by atoms with Crippen LogP contribution in [0.4, 0.5) is 0 Å². The van der Waals surface area contributed by atoms with Crippen LogP contribution in [0.2, 0.25) is 0 Å². The molecular weight excluding hydrogens is 286 g/mol. The van der Waals surface area contributed by atoms with Gasteiger partial charge in [0.15, 0.2) is 0 Å². The standard InChI is InChI=1S/C16H17NO5/c1-9(2)22-13-7-12(16(20)21)6-11-4-5-14(19)17(15(11)13)8-10(3)18/h4-7,9H,8H2,1-3H3,(H,20,21). The van der Waals surface area contributed by atoms with Crippen LogP contribution in [0.1, 0.15) is 31.1 Å². The van der Waals surface area contributed by atoms with Gasteiger partial charge in [-0.1, -0.05) is 0 Å². The molecule has 0 spiro atoms. The van der Waals surface area contributed by atoms with Gasteiger partial charge in [-0.25, -0.2) is 4.79 Å². The van der Waals surface area contributed by atoms with Crippen molar-refractivity contribution in [2.24, 2.45) is 0 Å². The van der Waals surface area contributed by atoms with E-state index in [1.807, 2.05) is 0 Å². The molecule has 0 bridgehead atoms. The van der Waals surface area contributed by atoms with Gasteiger partial charge in [-0.3, -0.25) is 14.2 Å². The fourth-order valence-electron chi connectivity index (χ4n) is 2.25. The Morgan fingerprint density at radius 3 is 2.50 bits per heavy atom. The maximum absolute atomic E-state index is 12.1. The van der Waals surface area contributed by atoms with Crippen molar-refractivity contribution in [1.82, 2.24) is 4.57 Å². The highest BCUT2D eigenvalue weighted by Gasteiger charge is 2.16. The number of carboxylic acids is 1. The third-order valence-electron chi connectivity index (χ3n) is 3.04. The molecule has 2 aromatic rings. The van der Waals surface area contributed by atoms with Crippen molar-refractivity contribution >= 4 is 22.7 Å². The number of aromatic nitrogens is 1. The summed E-state index contributed by atoms with van der Waals surface area (Å²) in [6.45, 7) is 4.90. The second-order valence-corrected chi connectivity index (χ2v) is 5.34. The Morgan fingerprint density at radius 1 is 1.27 bits per heavy atom. The van der Waals surface area contributed by atoms with E-state index in [0.29, 0.717) is 10.9 Å². The minimum atomic E-state index is -1.08. The van der Waals surface area contributed by atoms with Gasteiger partial charge in [-0.2, -0.15) is 0 Å². The molecule has 0 aliphatic rings. The maximum atomic E-state index is 12.1. The zero-order valence-corrected chi connectivity index (χ0v) is 12.6. The van der Waals surface area contributed by atoms with Crippen LogP contribution in [-0.2, 0) is 11.3 Å². The molecule has 1 aromatic heterocycles. The Labute approximate surface area is 126 Å². The average molecular weight is 303 g/mol. The lowest BCUT2D eigenvalue weighted by atomic mass is 10.1. The Balaban J connectivity index is 2.83. The predicted molar refractivity (Wildman–Crippen MR) is 81.6 cm³/mol. The predicted octanol–water partition coefficient (Wildman–Crippen LogP) is 2.08. The number of pyridine rings is 1. The van der Waals surface area contributed by atoms with Crippen LogP contribution in [0.15, 0.2) is 29.1 Å². The van der Waals surface area contributed by atoms with Crippen molar-refractivity contribution in [1.29, 1.82) is 0 Å². The van der Waals surface area contributed by atoms with Crippen LogP contribution in [0.5, 0.6) is 5.75 Å². The minimum absolute atomic E-state index is 0.0659. The molecular formula is C16H17NO5. The van der Waals surface area contributed by atoms with Gasteiger partial charge >= 0.3 is 5.97 Å². The number of carbonyl (C=O) groups excluding carboxylic acids is 1. The number of hydrogen-bond acceptors (Lipinski definition) is 4. The van der Waals surface area contributed by atoms with Gasteiger partial charge in [-0.15, -0.1) is 0 Å². The highest BCUT2D eigenvalue weighted by atomic mass is 16.5. The Hall–Kier alpha value is -2.63. The summed E-state index contributed by atoms with van der Waals surface area (Å²) in [5.74, 6) is -0.976. The number of Topliss-reactive ketones (excluding diaryl/α,β-unsaturated/α-hetero) is 1. The van der Waals surface area contributed by atoms with Crippen molar-refractivity contribution < 1.29 is 19.4 Å². The summed E-state index contributed by atoms with van der Waals surface area (Å²) in [6.07, 6.45) is -0.201. The third-order valence-corrected chi connectivity index (χ3v) is 3.04. The fraction of sp³-hybridized carbons (Fsp3) is 0.312. The van der Waals surface area contributed by atoms with Gasteiger partial charge in [0.25, 0.3) is 5.56 Å². The molecule has 0 atom stereocenters.